The van der Waals surface area contributed by atoms with Crippen molar-refractivity contribution in [1.29, 1.82) is 0 Å². The summed E-state index contributed by atoms with van der Waals surface area (Å²) in [6.45, 7) is 0. The number of hydrogen-bond acceptors (Lipinski definition) is 5. The van der Waals surface area contributed by atoms with E-state index in [1.165, 1.54) is 19.1 Å². The van der Waals surface area contributed by atoms with Crippen molar-refractivity contribution in [1.82, 2.24) is 0 Å². The van der Waals surface area contributed by atoms with Crippen LogP contribution < -0.4 is 14.4 Å². The molecule has 3 aromatic carbocycles. The monoisotopic (exact) mass is 449 g/mol. The minimum Gasteiger partial charge on any atom is -0.507 e. The van der Waals surface area contributed by atoms with Gasteiger partial charge in [-0.05, 0) is 35.9 Å². The van der Waals surface area contributed by atoms with Gasteiger partial charge >= 0.3 is 0 Å². The predicted octanol–water partition coefficient (Wildman–Crippen LogP) is 4.98. The average molecular weight is 450 g/mol. The fraction of sp³-hybridized carbons (Fsp3) is 0.120. The Balaban J connectivity index is 1.97. The van der Waals surface area contributed by atoms with Crippen molar-refractivity contribution in [2.24, 2.45) is 0 Å². The molecule has 0 saturated carbocycles. The number of benzene rings is 3. The van der Waals surface area contributed by atoms with E-state index in [0.29, 0.717) is 33.3 Å². The second kappa shape index (κ2) is 8.77. The van der Waals surface area contributed by atoms with Crippen LogP contribution in [0.3, 0.4) is 0 Å². The van der Waals surface area contributed by atoms with Crippen LogP contribution in [0.5, 0.6) is 11.5 Å². The van der Waals surface area contributed by atoms with Gasteiger partial charge in [-0.3, -0.25) is 14.5 Å². The minimum atomic E-state index is -0.895. The molecule has 4 rings (SSSR count). The third-order valence-electron chi connectivity index (χ3n) is 5.30. The number of ketones is 1. The van der Waals surface area contributed by atoms with Crippen LogP contribution in [0.1, 0.15) is 17.2 Å². The molecule has 0 radical (unpaired) electrons. The van der Waals surface area contributed by atoms with E-state index in [0.717, 1.165) is 0 Å². The Morgan fingerprint density at radius 3 is 2.28 bits per heavy atom. The number of aliphatic hydroxyl groups is 1. The van der Waals surface area contributed by atoms with Gasteiger partial charge < -0.3 is 14.6 Å². The molecular weight excluding hydrogens is 430 g/mol. The number of anilines is 1. The topological polar surface area (TPSA) is 76.1 Å². The lowest BCUT2D eigenvalue weighted by molar-refractivity contribution is -0.132. The molecule has 0 spiro atoms. The zero-order valence-corrected chi connectivity index (χ0v) is 18.2. The predicted molar refractivity (Wildman–Crippen MR) is 122 cm³/mol. The summed E-state index contributed by atoms with van der Waals surface area (Å²) in [5.41, 5.74) is 1.42. The Bertz CT molecular complexity index is 1220. The highest BCUT2D eigenvalue weighted by Gasteiger charge is 2.47. The molecule has 3 aromatic rings. The Kier molecular flexibility index (Phi) is 5.88. The number of methoxy groups -OCH3 is 2. The van der Waals surface area contributed by atoms with E-state index < -0.39 is 17.7 Å². The number of carbonyl (C=O) groups is 2. The highest BCUT2D eigenvalue weighted by atomic mass is 35.5. The SMILES string of the molecule is COc1ccc([C@H]2/C(=C(\O)c3ccccc3)C(=O)C(=O)N2c2cccc(Cl)c2)cc1OC. The molecule has 1 atom stereocenters. The van der Waals surface area contributed by atoms with Gasteiger partial charge in [0.1, 0.15) is 5.76 Å². The molecule has 1 saturated heterocycles. The van der Waals surface area contributed by atoms with Crippen LogP contribution in [-0.2, 0) is 9.59 Å². The average Bonchev–Trinajstić information content (AvgIpc) is 3.09. The lowest BCUT2D eigenvalue weighted by Crippen LogP contribution is -2.29. The van der Waals surface area contributed by atoms with Crippen LogP contribution >= 0.6 is 11.6 Å². The Labute approximate surface area is 190 Å². The van der Waals surface area contributed by atoms with Crippen molar-refractivity contribution in [3.63, 3.8) is 0 Å². The Morgan fingerprint density at radius 2 is 1.62 bits per heavy atom. The maximum Gasteiger partial charge on any atom is 0.300 e. The van der Waals surface area contributed by atoms with Crippen LogP contribution in [0.4, 0.5) is 5.69 Å². The Morgan fingerprint density at radius 1 is 0.906 bits per heavy atom. The first kappa shape index (κ1) is 21.5. The van der Waals surface area contributed by atoms with E-state index in [-0.39, 0.29) is 11.3 Å². The molecule has 162 valence electrons. The van der Waals surface area contributed by atoms with Crippen molar-refractivity contribution < 1.29 is 24.2 Å². The van der Waals surface area contributed by atoms with Gasteiger partial charge in [-0.2, -0.15) is 0 Å². The van der Waals surface area contributed by atoms with Crippen LogP contribution in [0.2, 0.25) is 5.02 Å². The normalized spacial score (nSPS) is 17.5. The molecule has 0 aliphatic carbocycles. The first-order chi connectivity index (χ1) is 15.5. The maximum absolute atomic E-state index is 13.2. The third-order valence-corrected chi connectivity index (χ3v) is 5.54. The third kappa shape index (κ3) is 3.69. The minimum absolute atomic E-state index is 0.0200. The summed E-state index contributed by atoms with van der Waals surface area (Å²) in [4.78, 5) is 27.6. The summed E-state index contributed by atoms with van der Waals surface area (Å²) >= 11 is 6.16. The van der Waals surface area contributed by atoms with Crippen molar-refractivity contribution in [3.05, 3.63) is 94.5 Å². The number of ether oxygens (including phenoxy) is 2. The number of halogens is 1. The maximum atomic E-state index is 13.2. The van der Waals surface area contributed by atoms with Crippen LogP contribution in [0.25, 0.3) is 5.76 Å². The van der Waals surface area contributed by atoms with Crippen molar-refractivity contribution in [3.8, 4) is 11.5 Å². The van der Waals surface area contributed by atoms with Gasteiger partial charge in [-0.1, -0.05) is 54.1 Å². The molecule has 1 aliphatic heterocycles. The molecule has 32 heavy (non-hydrogen) atoms. The molecule has 1 fully saturated rings. The lowest BCUT2D eigenvalue weighted by Gasteiger charge is -2.26. The van der Waals surface area contributed by atoms with Gasteiger partial charge in [0, 0.05) is 16.3 Å². The summed E-state index contributed by atoms with van der Waals surface area (Å²) in [5.74, 6) is -0.871. The molecule has 1 amide bonds. The quantitative estimate of drug-likeness (QED) is 0.337. The smallest absolute Gasteiger partial charge is 0.300 e. The first-order valence-corrected chi connectivity index (χ1v) is 10.2. The molecule has 7 heteroatoms. The highest BCUT2D eigenvalue weighted by Crippen LogP contribution is 2.44. The summed E-state index contributed by atoms with van der Waals surface area (Å²) in [7, 11) is 3.02. The van der Waals surface area contributed by atoms with Gasteiger partial charge in [-0.25, -0.2) is 0 Å². The molecule has 1 heterocycles. The van der Waals surface area contributed by atoms with Crippen molar-refractivity contribution in [2.45, 2.75) is 6.04 Å². The van der Waals surface area contributed by atoms with E-state index in [1.807, 2.05) is 0 Å². The van der Waals surface area contributed by atoms with E-state index in [1.54, 1.807) is 72.8 Å². The summed E-state index contributed by atoms with van der Waals surface area (Å²) in [6.07, 6.45) is 0. The second-order valence-electron chi connectivity index (χ2n) is 7.13. The number of Topliss-reactive ketones (excluding diaryl/α,β-unsaturated/α-hetero) is 1. The van der Waals surface area contributed by atoms with Crippen molar-refractivity contribution >= 4 is 34.7 Å². The number of rotatable bonds is 5. The van der Waals surface area contributed by atoms with Gasteiger partial charge in [-0.15, -0.1) is 0 Å². The summed E-state index contributed by atoms with van der Waals surface area (Å²) in [5, 5.41) is 11.5. The molecule has 1 N–H and O–H groups in total. The fourth-order valence-electron chi connectivity index (χ4n) is 3.81. The molecule has 0 bridgehead atoms. The summed E-state index contributed by atoms with van der Waals surface area (Å²) < 4.78 is 10.7. The Hall–Kier alpha value is -3.77. The molecular formula is C25H20ClNO5. The number of amides is 1. The zero-order valence-electron chi connectivity index (χ0n) is 17.4. The van der Waals surface area contributed by atoms with E-state index in [4.69, 9.17) is 21.1 Å². The number of hydrogen-bond donors (Lipinski definition) is 1. The van der Waals surface area contributed by atoms with E-state index >= 15 is 0 Å². The van der Waals surface area contributed by atoms with Gasteiger partial charge in [0.2, 0.25) is 0 Å². The van der Waals surface area contributed by atoms with Gasteiger partial charge in [0.05, 0.1) is 25.8 Å². The molecule has 1 aliphatic rings. The number of aliphatic hydroxyl groups excluding tert-OH is 1. The highest BCUT2D eigenvalue weighted by molar-refractivity contribution is 6.51. The van der Waals surface area contributed by atoms with Crippen LogP contribution in [0.15, 0.2) is 78.4 Å². The molecule has 0 unspecified atom stereocenters. The lowest BCUT2D eigenvalue weighted by atomic mass is 9.94. The summed E-state index contributed by atoms with van der Waals surface area (Å²) in [6, 6.07) is 19.5. The zero-order chi connectivity index (χ0) is 22.8. The van der Waals surface area contributed by atoms with E-state index in [2.05, 4.69) is 0 Å². The van der Waals surface area contributed by atoms with Gasteiger partial charge in [0.25, 0.3) is 11.7 Å². The molecule has 0 aromatic heterocycles. The number of carbonyl (C=O) groups excluding carboxylic acids is 2. The van der Waals surface area contributed by atoms with Crippen molar-refractivity contribution in [2.75, 3.05) is 19.1 Å². The van der Waals surface area contributed by atoms with Crippen LogP contribution in [0, 0.1) is 0 Å². The molecule has 6 nitrogen and oxygen atoms in total. The number of nitrogens with zero attached hydrogens (tertiary/aromatic N) is 1. The first-order valence-electron chi connectivity index (χ1n) is 9.80. The fourth-order valence-corrected chi connectivity index (χ4v) is 4.00. The van der Waals surface area contributed by atoms with Crippen LogP contribution in [-0.4, -0.2) is 31.0 Å². The standard InChI is InChI=1S/C25H20ClNO5/c1-31-19-12-11-16(13-20(19)32-2)22-21(23(28)15-7-4-3-5-8-15)24(29)25(30)27(22)18-10-6-9-17(26)14-18/h3-14,22,28H,1-2H3/b23-21+/t22-/m0/s1. The largest absolute Gasteiger partial charge is 0.507 e. The van der Waals surface area contributed by atoms with E-state index in [9.17, 15) is 14.7 Å². The van der Waals surface area contributed by atoms with Gasteiger partial charge in [0.15, 0.2) is 11.5 Å². The second-order valence-corrected chi connectivity index (χ2v) is 7.57.